The summed E-state index contributed by atoms with van der Waals surface area (Å²) in [4.78, 5) is 16.5. The minimum atomic E-state index is -0.556. The third-order valence-corrected chi connectivity index (χ3v) is 4.24. The quantitative estimate of drug-likeness (QED) is 0.880. The van der Waals surface area contributed by atoms with E-state index >= 15 is 0 Å². The van der Waals surface area contributed by atoms with Gasteiger partial charge in [0.05, 0.1) is 5.56 Å². The van der Waals surface area contributed by atoms with E-state index in [1.165, 1.54) is 32.1 Å². The van der Waals surface area contributed by atoms with Crippen molar-refractivity contribution in [1.29, 1.82) is 0 Å². The first kappa shape index (κ1) is 17.5. The third kappa shape index (κ3) is 4.59. The van der Waals surface area contributed by atoms with E-state index in [0.717, 1.165) is 11.2 Å². The molecule has 0 aliphatic heterocycles. The van der Waals surface area contributed by atoms with Gasteiger partial charge in [-0.3, -0.25) is 5.32 Å². The number of aromatic nitrogens is 3. The largest absolute Gasteiger partial charge is 0.444 e. The molecule has 1 fully saturated rings. The Labute approximate surface area is 148 Å². The van der Waals surface area contributed by atoms with Crippen molar-refractivity contribution in [3.05, 3.63) is 30.1 Å². The number of allylic oxidation sites excluding steroid dienone is 1. The van der Waals surface area contributed by atoms with Crippen molar-refractivity contribution in [2.24, 2.45) is 5.92 Å². The number of carbonyl (C=O) groups excluding carboxylic acids is 1. The summed E-state index contributed by atoms with van der Waals surface area (Å²) in [5.41, 5.74) is 0.984. The smallest absolute Gasteiger partial charge is 0.413 e. The molecule has 0 atom stereocenters. The van der Waals surface area contributed by atoms with Crippen LogP contribution in [0.15, 0.2) is 24.5 Å². The first-order valence-electron chi connectivity index (χ1n) is 8.94. The number of nitrogens with zero attached hydrogens (tertiary/aromatic N) is 3. The van der Waals surface area contributed by atoms with Crippen molar-refractivity contribution in [3.8, 4) is 0 Å². The molecule has 0 aromatic carbocycles. The molecule has 1 aliphatic carbocycles. The molecule has 2 heterocycles. The molecular weight excluding hydrogens is 316 g/mol. The SMILES string of the molecule is CC(C)(C)OC(=O)Nc1nn2cccnc2c1C=CC1CCCCC1. The molecule has 2 aromatic heterocycles. The zero-order chi connectivity index (χ0) is 17.9. The molecule has 0 spiro atoms. The van der Waals surface area contributed by atoms with Crippen molar-refractivity contribution in [1.82, 2.24) is 14.6 Å². The average Bonchev–Trinajstić information content (AvgIpc) is 2.89. The minimum Gasteiger partial charge on any atom is -0.444 e. The molecule has 0 unspecified atom stereocenters. The van der Waals surface area contributed by atoms with Gasteiger partial charge < -0.3 is 4.74 Å². The topological polar surface area (TPSA) is 68.5 Å². The standard InChI is InChI=1S/C19H26N4O2/c1-19(2,3)25-18(24)21-16-15(11-10-14-8-5-4-6-9-14)17-20-12-7-13-23(17)22-16/h7,10-14H,4-6,8-9H2,1-3H3,(H,21,22,24). The number of hydrogen-bond acceptors (Lipinski definition) is 4. The van der Waals surface area contributed by atoms with Crippen molar-refractivity contribution in [2.75, 3.05) is 5.32 Å². The van der Waals surface area contributed by atoms with Gasteiger partial charge in [0.2, 0.25) is 0 Å². The molecule has 1 aliphatic rings. The lowest BCUT2D eigenvalue weighted by Gasteiger charge is -2.19. The van der Waals surface area contributed by atoms with E-state index in [2.05, 4.69) is 21.5 Å². The lowest BCUT2D eigenvalue weighted by atomic mass is 9.89. The summed E-state index contributed by atoms with van der Waals surface area (Å²) in [6, 6.07) is 1.81. The molecular formula is C19H26N4O2. The number of carbonyl (C=O) groups is 1. The van der Waals surface area contributed by atoms with Crippen LogP contribution in [0.4, 0.5) is 10.6 Å². The van der Waals surface area contributed by atoms with Crippen LogP contribution in [-0.4, -0.2) is 26.3 Å². The Morgan fingerprint density at radius 2 is 2.08 bits per heavy atom. The summed E-state index contributed by atoms with van der Waals surface area (Å²) in [5, 5.41) is 7.20. The maximum atomic E-state index is 12.1. The van der Waals surface area contributed by atoms with Crippen LogP contribution in [0, 0.1) is 5.92 Å². The van der Waals surface area contributed by atoms with E-state index in [4.69, 9.17) is 4.74 Å². The average molecular weight is 342 g/mol. The number of anilines is 1. The predicted octanol–water partition coefficient (Wildman–Crippen LogP) is 4.67. The van der Waals surface area contributed by atoms with Gasteiger partial charge in [-0.25, -0.2) is 14.3 Å². The Hall–Kier alpha value is -2.37. The van der Waals surface area contributed by atoms with Gasteiger partial charge in [-0.2, -0.15) is 0 Å². The van der Waals surface area contributed by atoms with E-state index in [0.29, 0.717) is 11.7 Å². The Kier molecular flexibility index (Phi) is 5.06. The zero-order valence-electron chi connectivity index (χ0n) is 15.2. The van der Waals surface area contributed by atoms with Gasteiger partial charge >= 0.3 is 6.09 Å². The van der Waals surface area contributed by atoms with E-state index in [-0.39, 0.29) is 0 Å². The fraction of sp³-hybridized carbons (Fsp3) is 0.526. The molecule has 0 saturated heterocycles. The Bertz CT molecular complexity index is 767. The molecule has 25 heavy (non-hydrogen) atoms. The van der Waals surface area contributed by atoms with Gasteiger partial charge in [-0.15, -0.1) is 5.10 Å². The summed E-state index contributed by atoms with van der Waals surface area (Å²) in [5.74, 6) is 1.06. The van der Waals surface area contributed by atoms with Crippen LogP contribution in [-0.2, 0) is 4.74 Å². The lowest BCUT2D eigenvalue weighted by molar-refractivity contribution is 0.0635. The first-order chi connectivity index (χ1) is 11.9. The van der Waals surface area contributed by atoms with E-state index in [1.54, 1.807) is 10.7 Å². The van der Waals surface area contributed by atoms with Crippen molar-refractivity contribution < 1.29 is 9.53 Å². The summed E-state index contributed by atoms with van der Waals surface area (Å²) >= 11 is 0. The van der Waals surface area contributed by atoms with Crippen molar-refractivity contribution in [2.45, 2.75) is 58.5 Å². The number of fused-ring (bicyclic) bond motifs is 1. The molecule has 6 heteroatoms. The second kappa shape index (κ2) is 7.25. The van der Waals surface area contributed by atoms with Crippen LogP contribution >= 0.6 is 0 Å². The number of nitrogens with one attached hydrogen (secondary N) is 1. The Morgan fingerprint density at radius 1 is 1.32 bits per heavy atom. The third-order valence-electron chi connectivity index (χ3n) is 4.24. The van der Waals surface area contributed by atoms with Crippen LogP contribution < -0.4 is 5.32 Å². The minimum absolute atomic E-state index is 0.472. The molecule has 1 saturated carbocycles. The summed E-state index contributed by atoms with van der Waals surface area (Å²) in [6.07, 6.45) is 13.6. The monoisotopic (exact) mass is 342 g/mol. The van der Waals surface area contributed by atoms with Crippen molar-refractivity contribution in [3.63, 3.8) is 0 Å². The van der Waals surface area contributed by atoms with Crippen LogP contribution in [0.2, 0.25) is 0 Å². The van der Waals surface area contributed by atoms with Crippen LogP contribution in [0.25, 0.3) is 11.7 Å². The highest BCUT2D eigenvalue weighted by Gasteiger charge is 2.20. The normalized spacial score (nSPS) is 16.4. The van der Waals surface area contributed by atoms with Gasteiger partial charge in [0, 0.05) is 12.4 Å². The van der Waals surface area contributed by atoms with Gasteiger partial charge in [0.15, 0.2) is 11.5 Å². The highest BCUT2D eigenvalue weighted by Crippen LogP contribution is 2.27. The van der Waals surface area contributed by atoms with Gasteiger partial charge in [0.25, 0.3) is 0 Å². The molecule has 6 nitrogen and oxygen atoms in total. The Balaban J connectivity index is 1.86. The molecule has 3 rings (SSSR count). The van der Waals surface area contributed by atoms with Crippen LogP contribution in [0.3, 0.4) is 0 Å². The molecule has 1 amide bonds. The Morgan fingerprint density at radius 3 is 2.80 bits per heavy atom. The number of hydrogen-bond donors (Lipinski definition) is 1. The van der Waals surface area contributed by atoms with E-state index in [1.807, 2.05) is 39.1 Å². The fourth-order valence-electron chi connectivity index (χ4n) is 3.11. The fourth-order valence-corrected chi connectivity index (χ4v) is 3.11. The molecule has 1 N–H and O–H groups in total. The van der Waals surface area contributed by atoms with E-state index < -0.39 is 11.7 Å². The number of rotatable bonds is 3. The maximum Gasteiger partial charge on any atom is 0.413 e. The molecule has 0 bridgehead atoms. The zero-order valence-corrected chi connectivity index (χ0v) is 15.2. The molecule has 0 radical (unpaired) electrons. The highest BCUT2D eigenvalue weighted by molar-refractivity contribution is 5.89. The summed E-state index contributed by atoms with van der Waals surface area (Å²) in [6.45, 7) is 5.51. The number of ether oxygens (including phenoxy) is 1. The first-order valence-corrected chi connectivity index (χ1v) is 8.94. The molecule has 2 aromatic rings. The summed E-state index contributed by atoms with van der Waals surface area (Å²) < 4.78 is 7.02. The van der Waals surface area contributed by atoms with Crippen molar-refractivity contribution >= 4 is 23.6 Å². The van der Waals surface area contributed by atoms with E-state index in [9.17, 15) is 4.79 Å². The van der Waals surface area contributed by atoms with Crippen LogP contribution in [0.1, 0.15) is 58.4 Å². The maximum absolute atomic E-state index is 12.1. The number of amides is 1. The molecule has 134 valence electrons. The highest BCUT2D eigenvalue weighted by atomic mass is 16.6. The van der Waals surface area contributed by atoms with Crippen LogP contribution in [0.5, 0.6) is 0 Å². The predicted molar refractivity (Wildman–Crippen MR) is 98.5 cm³/mol. The van der Waals surface area contributed by atoms with Gasteiger partial charge in [-0.1, -0.05) is 31.4 Å². The van der Waals surface area contributed by atoms with Gasteiger partial charge in [-0.05, 0) is 45.6 Å². The second-order valence-corrected chi connectivity index (χ2v) is 7.53. The van der Waals surface area contributed by atoms with Gasteiger partial charge in [0.1, 0.15) is 5.60 Å². The summed E-state index contributed by atoms with van der Waals surface area (Å²) in [7, 11) is 0. The second-order valence-electron chi connectivity index (χ2n) is 7.53. The lowest BCUT2D eigenvalue weighted by Crippen LogP contribution is -2.27.